The third-order valence-corrected chi connectivity index (χ3v) is 5.79. The lowest BCUT2D eigenvalue weighted by Crippen LogP contribution is -2.24. The number of carbonyl (C=O) groups excluding carboxylic acids is 2. The lowest BCUT2D eigenvalue weighted by Gasteiger charge is -2.09. The zero-order chi connectivity index (χ0) is 21.5. The highest BCUT2D eigenvalue weighted by Gasteiger charge is 2.14. The summed E-state index contributed by atoms with van der Waals surface area (Å²) in [5, 5.41) is 14.7. The fraction of sp³-hybridized carbons (Fsp3) is 0.238. The minimum Gasteiger partial charge on any atom is -0.345 e. The number of aromatic nitrogens is 3. The van der Waals surface area contributed by atoms with Crippen molar-refractivity contribution in [3.05, 3.63) is 70.0 Å². The standard InChI is InChI=1S/C21H22BrN5O2S/c1-3-27-18(12-23-20(29)15-6-4-14(2)5-7-15)25-26-21(27)30-13-19(28)24-17-10-8-16(22)9-11-17/h4-11H,3,12-13H2,1-2H3,(H,23,29)(H,24,28). The van der Waals surface area contributed by atoms with E-state index < -0.39 is 0 Å². The molecule has 0 saturated heterocycles. The monoisotopic (exact) mass is 487 g/mol. The molecule has 0 aliphatic carbocycles. The fourth-order valence-corrected chi connectivity index (χ4v) is 3.79. The Morgan fingerprint density at radius 2 is 1.77 bits per heavy atom. The molecule has 9 heteroatoms. The molecule has 0 aliphatic heterocycles. The van der Waals surface area contributed by atoms with Gasteiger partial charge in [-0.1, -0.05) is 45.4 Å². The number of hydrogen-bond acceptors (Lipinski definition) is 5. The number of aryl methyl sites for hydroxylation is 1. The Bertz CT molecular complexity index is 1020. The molecule has 3 rings (SSSR count). The third kappa shape index (κ3) is 5.93. The summed E-state index contributed by atoms with van der Waals surface area (Å²) in [4.78, 5) is 24.5. The van der Waals surface area contributed by atoms with Crippen molar-refractivity contribution in [2.24, 2.45) is 0 Å². The van der Waals surface area contributed by atoms with Gasteiger partial charge in [0.2, 0.25) is 5.91 Å². The maximum Gasteiger partial charge on any atom is 0.251 e. The highest BCUT2D eigenvalue weighted by Crippen LogP contribution is 2.19. The first kappa shape index (κ1) is 22.0. The van der Waals surface area contributed by atoms with Gasteiger partial charge in [0, 0.05) is 22.3 Å². The lowest BCUT2D eigenvalue weighted by molar-refractivity contribution is -0.113. The van der Waals surface area contributed by atoms with Gasteiger partial charge >= 0.3 is 0 Å². The van der Waals surface area contributed by atoms with Gasteiger partial charge in [0.1, 0.15) is 0 Å². The second kappa shape index (κ2) is 10.4. The number of thioether (sulfide) groups is 1. The minimum absolute atomic E-state index is 0.123. The Balaban J connectivity index is 1.55. The molecule has 3 aromatic rings. The maximum atomic E-state index is 12.3. The highest BCUT2D eigenvalue weighted by molar-refractivity contribution is 9.10. The molecule has 0 saturated carbocycles. The quantitative estimate of drug-likeness (QED) is 0.468. The molecule has 30 heavy (non-hydrogen) atoms. The van der Waals surface area contributed by atoms with Crippen LogP contribution in [0, 0.1) is 6.92 Å². The van der Waals surface area contributed by atoms with E-state index in [4.69, 9.17) is 0 Å². The van der Waals surface area contributed by atoms with Gasteiger partial charge in [0.25, 0.3) is 5.91 Å². The summed E-state index contributed by atoms with van der Waals surface area (Å²) in [6.07, 6.45) is 0. The first-order valence-corrected chi connectivity index (χ1v) is 11.2. The predicted molar refractivity (Wildman–Crippen MR) is 122 cm³/mol. The number of anilines is 1. The van der Waals surface area contributed by atoms with Crippen LogP contribution in [0.4, 0.5) is 5.69 Å². The molecule has 0 atom stereocenters. The Morgan fingerprint density at radius 1 is 1.07 bits per heavy atom. The summed E-state index contributed by atoms with van der Waals surface area (Å²) in [7, 11) is 0. The van der Waals surface area contributed by atoms with E-state index in [9.17, 15) is 9.59 Å². The molecule has 0 unspecified atom stereocenters. The molecule has 0 spiro atoms. The zero-order valence-corrected chi connectivity index (χ0v) is 19.1. The van der Waals surface area contributed by atoms with Gasteiger partial charge in [-0.2, -0.15) is 0 Å². The van der Waals surface area contributed by atoms with Gasteiger partial charge < -0.3 is 15.2 Å². The van der Waals surface area contributed by atoms with Crippen LogP contribution in [-0.4, -0.2) is 32.3 Å². The van der Waals surface area contributed by atoms with Crippen LogP contribution in [-0.2, 0) is 17.9 Å². The number of amides is 2. The smallest absolute Gasteiger partial charge is 0.251 e. The number of carbonyl (C=O) groups is 2. The van der Waals surface area contributed by atoms with Crippen molar-refractivity contribution in [2.75, 3.05) is 11.1 Å². The first-order chi connectivity index (χ1) is 14.5. The molecule has 156 valence electrons. The summed E-state index contributed by atoms with van der Waals surface area (Å²) in [5.41, 5.74) is 2.44. The minimum atomic E-state index is -0.163. The van der Waals surface area contributed by atoms with Gasteiger partial charge in [0.15, 0.2) is 11.0 Å². The van der Waals surface area contributed by atoms with E-state index in [0.717, 1.165) is 15.7 Å². The summed E-state index contributed by atoms with van der Waals surface area (Å²) in [6, 6.07) is 14.8. The van der Waals surface area contributed by atoms with E-state index in [0.29, 0.717) is 23.1 Å². The Morgan fingerprint density at radius 3 is 2.43 bits per heavy atom. The largest absolute Gasteiger partial charge is 0.345 e. The number of hydrogen-bond donors (Lipinski definition) is 2. The average molecular weight is 488 g/mol. The van der Waals surface area contributed by atoms with Crippen LogP contribution in [0.1, 0.15) is 28.7 Å². The number of halogens is 1. The molecule has 2 N–H and O–H groups in total. The summed E-state index contributed by atoms with van der Waals surface area (Å²) in [6.45, 7) is 4.85. The van der Waals surface area contributed by atoms with Crippen molar-refractivity contribution in [1.29, 1.82) is 0 Å². The summed E-state index contributed by atoms with van der Waals surface area (Å²) < 4.78 is 2.85. The first-order valence-electron chi connectivity index (χ1n) is 9.41. The SMILES string of the molecule is CCn1c(CNC(=O)c2ccc(C)cc2)nnc1SCC(=O)Nc1ccc(Br)cc1. The van der Waals surface area contributed by atoms with Crippen LogP contribution in [0.3, 0.4) is 0 Å². The average Bonchev–Trinajstić information content (AvgIpc) is 3.14. The molecule has 0 bridgehead atoms. The van der Waals surface area contributed by atoms with Crippen molar-refractivity contribution in [3.8, 4) is 0 Å². The number of nitrogens with one attached hydrogen (secondary N) is 2. The van der Waals surface area contributed by atoms with Gasteiger partial charge in [-0.25, -0.2) is 0 Å². The molecule has 7 nitrogen and oxygen atoms in total. The van der Waals surface area contributed by atoms with Crippen molar-refractivity contribution in [1.82, 2.24) is 20.1 Å². The second-order valence-electron chi connectivity index (χ2n) is 6.54. The van der Waals surface area contributed by atoms with Crippen LogP contribution in [0.2, 0.25) is 0 Å². The van der Waals surface area contributed by atoms with E-state index in [1.165, 1.54) is 11.8 Å². The van der Waals surface area contributed by atoms with Crippen LogP contribution < -0.4 is 10.6 Å². The molecule has 2 aromatic carbocycles. The van der Waals surface area contributed by atoms with Crippen molar-refractivity contribution in [2.45, 2.75) is 32.1 Å². The number of nitrogens with zero attached hydrogens (tertiary/aromatic N) is 3. The normalized spacial score (nSPS) is 10.6. The van der Waals surface area contributed by atoms with Gasteiger partial charge in [0.05, 0.1) is 12.3 Å². The summed E-state index contributed by atoms with van der Waals surface area (Å²) in [5.74, 6) is 0.573. The van der Waals surface area contributed by atoms with E-state index in [1.54, 1.807) is 12.1 Å². The lowest BCUT2D eigenvalue weighted by atomic mass is 10.1. The molecular weight excluding hydrogens is 466 g/mol. The van der Waals surface area contributed by atoms with E-state index >= 15 is 0 Å². The molecule has 1 aromatic heterocycles. The van der Waals surface area contributed by atoms with E-state index in [-0.39, 0.29) is 24.1 Å². The second-order valence-corrected chi connectivity index (χ2v) is 8.39. The van der Waals surface area contributed by atoms with E-state index in [2.05, 4.69) is 36.8 Å². The molecule has 0 radical (unpaired) electrons. The van der Waals surface area contributed by atoms with Gasteiger partial charge in [-0.3, -0.25) is 9.59 Å². The molecule has 2 amide bonds. The topological polar surface area (TPSA) is 88.9 Å². The molecule has 0 fully saturated rings. The Kier molecular flexibility index (Phi) is 7.64. The van der Waals surface area contributed by atoms with Gasteiger partial charge in [-0.05, 0) is 50.2 Å². The predicted octanol–water partition coefficient (Wildman–Crippen LogP) is 4.03. The Labute approximate surface area is 187 Å². The van der Waals surface area contributed by atoms with Crippen molar-refractivity contribution < 1.29 is 9.59 Å². The number of benzene rings is 2. The van der Waals surface area contributed by atoms with Crippen molar-refractivity contribution >= 4 is 45.2 Å². The Hall–Kier alpha value is -2.65. The summed E-state index contributed by atoms with van der Waals surface area (Å²) >= 11 is 4.68. The fourth-order valence-electron chi connectivity index (χ4n) is 2.70. The molecule has 0 aliphatic rings. The third-order valence-electron chi connectivity index (χ3n) is 4.29. The van der Waals surface area contributed by atoms with Gasteiger partial charge in [-0.15, -0.1) is 10.2 Å². The molecule has 1 heterocycles. The van der Waals surface area contributed by atoms with Crippen LogP contribution in [0.25, 0.3) is 0 Å². The zero-order valence-electron chi connectivity index (χ0n) is 16.7. The van der Waals surface area contributed by atoms with Crippen LogP contribution >= 0.6 is 27.7 Å². The van der Waals surface area contributed by atoms with Crippen molar-refractivity contribution in [3.63, 3.8) is 0 Å². The number of rotatable bonds is 8. The maximum absolute atomic E-state index is 12.3. The molecular formula is C21H22BrN5O2S. The van der Waals surface area contributed by atoms with Crippen LogP contribution in [0.5, 0.6) is 0 Å². The van der Waals surface area contributed by atoms with Crippen LogP contribution in [0.15, 0.2) is 58.2 Å². The van der Waals surface area contributed by atoms with E-state index in [1.807, 2.05) is 54.8 Å². The highest BCUT2D eigenvalue weighted by atomic mass is 79.9.